The van der Waals surface area contributed by atoms with Gasteiger partial charge in [0.25, 0.3) is 5.56 Å². The largest absolute Gasteiger partial charge is 0.493 e. The van der Waals surface area contributed by atoms with E-state index < -0.39 is 0 Å². The van der Waals surface area contributed by atoms with E-state index >= 15 is 0 Å². The first kappa shape index (κ1) is 19.5. The summed E-state index contributed by atoms with van der Waals surface area (Å²) in [5, 5.41) is 0. The maximum atomic E-state index is 12.2. The van der Waals surface area contributed by atoms with Crippen LogP contribution in [0.5, 0.6) is 5.75 Å². The molecule has 0 N–H and O–H groups in total. The molecule has 0 saturated carbocycles. The number of aryl methyl sites for hydroxylation is 2. The summed E-state index contributed by atoms with van der Waals surface area (Å²) in [5.74, 6) is 2.99. The number of hydrogen-bond donors (Lipinski definition) is 0. The third-order valence-electron chi connectivity index (χ3n) is 4.47. The smallest absolute Gasteiger partial charge is 0.258 e. The molecule has 3 rings (SSSR count). The molecule has 1 aromatic carbocycles. The lowest BCUT2D eigenvalue weighted by atomic mass is 9.98. The number of aromatic nitrogens is 2. The molecule has 27 heavy (non-hydrogen) atoms. The van der Waals surface area contributed by atoms with Crippen LogP contribution in [0, 0.1) is 13.8 Å². The lowest BCUT2D eigenvalue weighted by Gasteiger charge is -2.12. The van der Waals surface area contributed by atoms with Crippen LogP contribution in [0.1, 0.15) is 42.1 Å². The van der Waals surface area contributed by atoms with Crippen molar-refractivity contribution in [2.45, 2.75) is 39.4 Å². The molecule has 0 fully saturated rings. The summed E-state index contributed by atoms with van der Waals surface area (Å²) in [4.78, 5) is 16.8. The molecule has 3 aromatic rings. The van der Waals surface area contributed by atoms with Gasteiger partial charge in [0.15, 0.2) is 0 Å². The highest BCUT2D eigenvalue weighted by atomic mass is 32.2. The molecule has 0 radical (unpaired) electrons. The Labute approximate surface area is 164 Å². The molecule has 142 valence electrons. The molecule has 2 heterocycles. The fourth-order valence-electron chi connectivity index (χ4n) is 3.11. The van der Waals surface area contributed by atoms with Crippen LogP contribution in [-0.2, 0) is 5.75 Å². The second kappa shape index (κ2) is 8.61. The number of nitrogens with zero attached hydrogens (tertiary/aromatic N) is 2. The zero-order valence-corrected chi connectivity index (χ0v) is 17.2. The van der Waals surface area contributed by atoms with Crippen molar-refractivity contribution in [2.75, 3.05) is 12.4 Å². The summed E-state index contributed by atoms with van der Waals surface area (Å²) in [5.41, 5.74) is 5.15. The zero-order chi connectivity index (χ0) is 19.4. The summed E-state index contributed by atoms with van der Waals surface area (Å²) in [6.45, 7) is 9.13. The van der Waals surface area contributed by atoms with Crippen molar-refractivity contribution in [3.8, 4) is 5.75 Å². The van der Waals surface area contributed by atoms with Gasteiger partial charge < -0.3 is 4.74 Å². The van der Waals surface area contributed by atoms with E-state index in [1.54, 1.807) is 22.2 Å². The van der Waals surface area contributed by atoms with E-state index in [0.29, 0.717) is 23.9 Å². The van der Waals surface area contributed by atoms with Gasteiger partial charge in [-0.15, -0.1) is 0 Å². The molecule has 0 atom stereocenters. The first-order valence-corrected chi connectivity index (χ1v) is 10.4. The molecule has 0 bridgehead atoms. The number of ether oxygens (including phenoxy) is 1. The van der Waals surface area contributed by atoms with Crippen molar-refractivity contribution in [3.63, 3.8) is 0 Å². The summed E-state index contributed by atoms with van der Waals surface area (Å²) < 4.78 is 7.45. The second-order valence-corrected chi connectivity index (χ2v) is 8.20. The Morgan fingerprint density at radius 1 is 1.15 bits per heavy atom. The molecule has 0 spiro atoms. The lowest BCUT2D eigenvalue weighted by Crippen LogP contribution is -2.15. The Balaban J connectivity index is 1.52. The zero-order valence-electron chi connectivity index (χ0n) is 16.4. The summed E-state index contributed by atoms with van der Waals surface area (Å²) in [6, 6.07) is 11.8. The molecule has 0 aliphatic heterocycles. The van der Waals surface area contributed by atoms with Crippen molar-refractivity contribution in [1.82, 2.24) is 9.38 Å². The van der Waals surface area contributed by atoms with Gasteiger partial charge in [0.2, 0.25) is 0 Å². The number of benzene rings is 1. The average Bonchev–Trinajstić information content (AvgIpc) is 2.62. The molecule has 2 aromatic heterocycles. The number of thioether (sulfide) groups is 1. The van der Waals surface area contributed by atoms with Crippen LogP contribution in [0.4, 0.5) is 0 Å². The molecule has 5 heteroatoms. The van der Waals surface area contributed by atoms with Crippen LogP contribution < -0.4 is 10.3 Å². The lowest BCUT2D eigenvalue weighted by molar-refractivity contribution is 0.343. The van der Waals surface area contributed by atoms with E-state index in [9.17, 15) is 4.79 Å². The average molecular weight is 383 g/mol. The van der Waals surface area contributed by atoms with Crippen molar-refractivity contribution < 1.29 is 4.74 Å². The molecule has 4 nitrogen and oxygen atoms in total. The second-order valence-electron chi connectivity index (χ2n) is 7.09. The molecule has 0 aliphatic carbocycles. The minimum atomic E-state index is -0.0312. The van der Waals surface area contributed by atoms with Crippen molar-refractivity contribution in [2.24, 2.45) is 0 Å². The van der Waals surface area contributed by atoms with E-state index in [-0.39, 0.29) is 5.56 Å². The third-order valence-corrected chi connectivity index (χ3v) is 5.43. The predicted molar refractivity (Wildman–Crippen MR) is 113 cm³/mol. The number of pyridine rings is 1. The molecule has 0 unspecified atom stereocenters. The van der Waals surface area contributed by atoms with Crippen molar-refractivity contribution >= 4 is 17.4 Å². The molecular weight excluding hydrogens is 356 g/mol. The van der Waals surface area contributed by atoms with Crippen LogP contribution in [0.25, 0.3) is 5.65 Å². The highest BCUT2D eigenvalue weighted by molar-refractivity contribution is 7.98. The minimum Gasteiger partial charge on any atom is -0.493 e. The Morgan fingerprint density at radius 3 is 2.70 bits per heavy atom. The predicted octanol–water partition coefficient (Wildman–Crippen LogP) is 4.75. The van der Waals surface area contributed by atoms with Crippen LogP contribution in [-0.4, -0.2) is 21.7 Å². The van der Waals surface area contributed by atoms with Crippen LogP contribution in [0.3, 0.4) is 0 Å². The fourth-order valence-corrected chi connectivity index (χ4v) is 3.82. The van der Waals surface area contributed by atoms with Gasteiger partial charge in [0, 0.05) is 23.8 Å². The maximum absolute atomic E-state index is 12.2. The van der Waals surface area contributed by atoms with Gasteiger partial charge in [-0.1, -0.05) is 26.0 Å². The fraction of sp³-hybridized carbons (Fsp3) is 0.364. The third kappa shape index (κ3) is 4.92. The molecule has 0 aliphatic rings. The number of hydrogen-bond acceptors (Lipinski definition) is 4. The number of rotatable bonds is 7. The van der Waals surface area contributed by atoms with Gasteiger partial charge >= 0.3 is 0 Å². The van der Waals surface area contributed by atoms with E-state index in [1.165, 1.54) is 11.1 Å². The van der Waals surface area contributed by atoms with Crippen molar-refractivity contribution in [3.05, 3.63) is 75.3 Å². The van der Waals surface area contributed by atoms with Crippen LogP contribution in [0.15, 0.2) is 47.4 Å². The summed E-state index contributed by atoms with van der Waals surface area (Å²) in [6.07, 6.45) is 1.82. The van der Waals surface area contributed by atoms with E-state index in [0.717, 1.165) is 22.8 Å². The van der Waals surface area contributed by atoms with Gasteiger partial charge in [-0.05, 0) is 54.7 Å². The van der Waals surface area contributed by atoms with E-state index in [2.05, 4.69) is 37.9 Å². The quantitative estimate of drug-likeness (QED) is 0.553. The molecule has 0 amide bonds. The van der Waals surface area contributed by atoms with Gasteiger partial charge in [-0.3, -0.25) is 9.20 Å². The maximum Gasteiger partial charge on any atom is 0.258 e. The number of fused-ring (bicyclic) bond motifs is 1. The van der Waals surface area contributed by atoms with Gasteiger partial charge in [0.1, 0.15) is 11.4 Å². The highest BCUT2D eigenvalue weighted by Gasteiger charge is 2.06. The summed E-state index contributed by atoms with van der Waals surface area (Å²) in [7, 11) is 0. The standard InChI is InChI=1S/C22H26N2O2S/c1-15(2)20-7-6-19(11-17(20)4)26-9-10-27-14-18-12-22(25)24-13-16(3)5-8-21(24)23-18/h5-8,11-13,15H,9-10,14H2,1-4H3. The highest BCUT2D eigenvalue weighted by Crippen LogP contribution is 2.23. The monoisotopic (exact) mass is 382 g/mol. The van der Waals surface area contributed by atoms with Crippen LogP contribution >= 0.6 is 11.8 Å². The van der Waals surface area contributed by atoms with E-state index in [1.807, 2.05) is 31.3 Å². The molecule has 0 saturated heterocycles. The molecular formula is C22H26N2O2S. The summed E-state index contributed by atoms with van der Waals surface area (Å²) >= 11 is 1.72. The Bertz CT molecular complexity index is 995. The Kier molecular flexibility index (Phi) is 6.22. The van der Waals surface area contributed by atoms with Gasteiger partial charge in [0.05, 0.1) is 12.3 Å². The normalized spacial score (nSPS) is 11.3. The van der Waals surface area contributed by atoms with Gasteiger partial charge in [-0.2, -0.15) is 11.8 Å². The SMILES string of the molecule is Cc1ccc2nc(CSCCOc3ccc(C(C)C)c(C)c3)cc(=O)n2c1. The first-order valence-electron chi connectivity index (χ1n) is 9.24. The van der Waals surface area contributed by atoms with E-state index in [4.69, 9.17) is 4.74 Å². The Hall–Kier alpha value is -2.27. The van der Waals surface area contributed by atoms with Crippen molar-refractivity contribution in [1.29, 1.82) is 0 Å². The topological polar surface area (TPSA) is 43.6 Å². The minimum absolute atomic E-state index is 0.0312. The first-order chi connectivity index (χ1) is 12.9. The van der Waals surface area contributed by atoms with Gasteiger partial charge in [-0.25, -0.2) is 4.98 Å². The van der Waals surface area contributed by atoms with Crippen LogP contribution in [0.2, 0.25) is 0 Å². The Morgan fingerprint density at radius 2 is 1.96 bits per heavy atom.